The molecule has 0 aromatic heterocycles. The van der Waals surface area contributed by atoms with Crippen molar-refractivity contribution in [3.05, 3.63) is 12.5 Å². The molecule has 0 aliphatic heterocycles. The largest absolute Gasteiger partial charge is 1.00 e. The van der Waals surface area contributed by atoms with Crippen molar-refractivity contribution in [1.29, 1.82) is 0 Å². The number of rotatable bonds is 2. The van der Waals surface area contributed by atoms with Crippen LogP contribution in [0.4, 0.5) is 4.39 Å². The van der Waals surface area contributed by atoms with Crippen molar-refractivity contribution < 1.29 is 36.2 Å². The van der Waals surface area contributed by atoms with Gasteiger partial charge >= 0.3 is 18.9 Å². The van der Waals surface area contributed by atoms with E-state index in [9.17, 15) is 17.4 Å². The van der Waals surface area contributed by atoms with Crippen molar-refractivity contribution >= 4 is 10.3 Å². The van der Waals surface area contributed by atoms with Gasteiger partial charge in [0.15, 0.2) is 10.3 Å². The Bertz CT molecular complexity index is 176. The van der Waals surface area contributed by atoms with E-state index in [0.717, 1.165) is 0 Å². The van der Waals surface area contributed by atoms with E-state index < -0.39 is 10.3 Å². The van der Waals surface area contributed by atoms with E-state index >= 15 is 0 Å². The van der Waals surface area contributed by atoms with Gasteiger partial charge in [0.05, 0.1) is 0 Å². The molecule has 0 spiro atoms. The van der Waals surface area contributed by atoms with Crippen LogP contribution in [0.5, 0.6) is 0 Å². The number of hydrogen-bond acceptors (Lipinski definition) is 3. The summed E-state index contributed by atoms with van der Waals surface area (Å²) in [4.78, 5) is 0. The standard InChI is InChI=1S/C2H4FNO3S.Li/c3-1-2-4-8(5,6)7;/h1-2,4H,(H,5,6,7);/q;+1/p-1/b2-1+;. The maximum Gasteiger partial charge on any atom is 1.00 e. The predicted octanol–water partition coefficient (Wildman–Crippen LogP) is -3.52. The van der Waals surface area contributed by atoms with Gasteiger partial charge in [-0.2, -0.15) is 0 Å². The SMILES string of the molecule is O=S(=O)([O-])N/C=C/F.[Li+]. The first kappa shape index (κ1) is 11.7. The summed E-state index contributed by atoms with van der Waals surface area (Å²) in [6.45, 7) is 0. The fraction of sp³-hybridized carbons (Fsp3) is 0. The first-order chi connectivity index (χ1) is 3.56. The van der Waals surface area contributed by atoms with Crippen LogP contribution >= 0.6 is 0 Å². The van der Waals surface area contributed by atoms with Gasteiger partial charge in [-0.25, -0.2) is 12.8 Å². The minimum Gasteiger partial charge on any atom is -0.731 e. The van der Waals surface area contributed by atoms with Crippen molar-refractivity contribution in [3.8, 4) is 0 Å². The molecule has 0 saturated heterocycles. The van der Waals surface area contributed by atoms with Crippen LogP contribution in [0.3, 0.4) is 0 Å². The average molecular weight is 147 g/mol. The molecule has 0 aromatic carbocycles. The summed E-state index contributed by atoms with van der Waals surface area (Å²) < 4.78 is 40.6. The normalized spacial score (nSPS) is 10.9. The summed E-state index contributed by atoms with van der Waals surface area (Å²) in [5.41, 5.74) is 0. The second-order valence-corrected chi connectivity index (χ2v) is 2.01. The molecular weight excluding hydrogens is 144 g/mol. The van der Waals surface area contributed by atoms with Crippen LogP contribution in [0.25, 0.3) is 0 Å². The first-order valence-electron chi connectivity index (χ1n) is 1.54. The summed E-state index contributed by atoms with van der Waals surface area (Å²) in [7, 11) is -4.51. The summed E-state index contributed by atoms with van der Waals surface area (Å²) >= 11 is 0. The van der Waals surface area contributed by atoms with Gasteiger partial charge in [-0.3, -0.25) is 4.72 Å². The Morgan fingerprint density at radius 3 is 2.11 bits per heavy atom. The minimum atomic E-state index is -4.51. The average Bonchev–Trinajstić information content (AvgIpc) is 1.59. The molecule has 0 fully saturated rings. The Morgan fingerprint density at radius 1 is 1.56 bits per heavy atom. The van der Waals surface area contributed by atoms with Gasteiger partial charge in [-0.05, 0) is 0 Å². The summed E-state index contributed by atoms with van der Waals surface area (Å²) in [6.07, 6.45) is 0.303. The predicted molar refractivity (Wildman–Crippen MR) is 23.1 cm³/mol. The van der Waals surface area contributed by atoms with Gasteiger partial charge in [0.1, 0.15) is 6.33 Å². The Balaban J connectivity index is 0. The second kappa shape index (κ2) is 4.82. The Hall–Kier alpha value is -0.0226. The quantitative estimate of drug-likeness (QED) is 0.325. The van der Waals surface area contributed by atoms with E-state index in [0.29, 0.717) is 6.20 Å². The Labute approximate surface area is 64.2 Å². The van der Waals surface area contributed by atoms with Crippen molar-refractivity contribution in [2.75, 3.05) is 0 Å². The smallest absolute Gasteiger partial charge is 0.731 e. The minimum absolute atomic E-state index is 0. The number of nitrogens with one attached hydrogen (secondary N) is 1. The van der Waals surface area contributed by atoms with E-state index in [-0.39, 0.29) is 25.2 Å². The third-order valence-electron chi connectivity index (χ3n) is 0.275. The molecule has 0 amide bonds. The van der Waals surface area contributed by atoms with E-state index in [1.807, 2.05) is 0 Å². The molecule has 7 heteroatoms. The fourth-order valence-corrected chi connectivity index (χ4v) is 0.327. The van der Waals surface area contributed by atoms with Crippen molar-refractivity contribution in [2.24, 2.45) is 0 Å². The number of halogens is 1. The fourth-order valence-electron chi connectivity index (χ4n) is 0.109. The van der Waals surface area contributed by atoms with Crippen LogP contribution in [0.1, 0.15) is 0 Å². The molecule has 0 aliphatic rings. The Morgan fingerprint density at radius 2 is 2.00 bits per heavy atom. The van der Waals surface area contributed by atoms with Crippen LogP contribution in [0.2, 0.25) is 0 Å². The summed E-state index contributed by atoms with van der Waals surface area (Å²) in [5, 5.41) is 0. The zero-order valence-electron chi connectivity index (χ0n) is 4.67. The molecule has 0 atom stereocenters. The molecule has 0 heterocycles. The molecule has 0 aliphatic carbocycles. The van der Waals surface area contributed by atoms with Gasteiger partial charge in [-0.15, -0.1) is 0 Å². The third-order valence-corrected chi connectivity index (χ3v) is 0.700. The molecule has 9 heavy (non-hydrogen) atoms. The monoisotopic (exact) mass is 147 g/mol. The molecule has 0 aromatic rings. The van der Waals surface area contributed by atoms with Crippen molar-refractivity contribution in [1.82, 2.24) is 4.72 Å². The van der Waals surface area contributed by atoms with Gasteiger partial charge in [0.25, 0.3) is 0 Å². The zero-order valence-corrected chi connectivity index (χ0v) is 5.48. The van der Waals surface area contributed by atoms with Gasteiger partial charge < -0.3 is 4.55 Å². The van der Waals surface area contributed by atoms with Crippen LogP contribution < -0.4 is 23.6 Å². The molecule has 0 rings (SSSR count). The van der Waals surface area contributed by atoms with E-state index in [1.165, 1.54) is 4.72 Å². The third kappa shape index (κ3) is 11.5. The number of hydrogen-bond donors (Lipinski definition) is 1. The molecular formula is C2H3FLiNO3S. The van der Waals surface area contributed by atoms with Gasteiger partial charge in [-0.1, -0.05) is 0 Å². The molecule has 0 radical (unpaired) electrons. The molecule has 48 valence electrons. The van der Waals surface area contributed by atoms with E-state index in [2.05, 4.69) is 0 Å². The maximum absolute atomic E-state index is 10.9. The van der Waals surface area contributed by atoms with E-state index in [1.54, 1.807) is 0 Å². The summed E-state index contributed by atoms with van der Waals surface area (Å²) in [6, 6.07) is 0. The first-order valence-corrected chi connectivity index (χ1v) is 2.95. The molecule has 0 saturated carbocycles. The van der Waals surface area contributed by atoms with E-state index in [4.69, 9.17) is 0 Å². The molecule has 4 nitrogen and oxygen atoms in total. The maximum atomic E-state index is 10.9. The molecule has 1 N–H and O–H groups in total. The van der Waals surface area contributed by atoms with Crippen molar-refractivity contribution in [2.45, 2.75) is 0 Å². The van der Waals surface area contributed by atoms with Crippen molar-refractivity contribution in [3.63, 3.8) is 0 Å². The Kier molecular flexibility index (Phi) is 6.28. The molecule has 0 bridgehead atoms. The van der Waals surface area contributed by atoms with Crippen LogP contribution in [-0.2, 0) is 10.3 Å². The van der Waals surface area contributed by atoms with Crippen LogP contribution in [0.15, 0.2) is 12.5 Å². The zero-order chi connectivity index (χ0) is 6.62. The van der Waals surface area contributed by atoms with Crippen LogP contribution in [0, 0.1) is 0 Å². The van der Waals surface area contributed by atoms with Crippen LogP contribution in [-0.4, -0.2) is 13.0 Å². The second-order valence-electron chi connectivity index (χ2n) is 0.865. The summed E-state index contributed by atoms with van der Waals surface area (Å²) in [5.74, 6) is 0. The molecule has 0 unspecified atom stereocenters. The topological polar surface area (TPSA) is 69.2 Å². The van der Waals surface area contributed by atoms with Gasteiger partial charge in [0, 0.05) is 6.20 Å². The van der Waals surface area contributed by atoms with Gasteiger partial charge in [0.2, 0.25) is 0 Å².